The van der Waals surface area contributed by atoms with Crippen LogP contribution < -0.4 is 5.32 Å². The van der Waals surface area contributed by atoms with Crippen molar-refractivity contribution in [2.24, 2.45) is 0 Å². The third-order valence-corrected chi connectivity index (χ3v) is 4.66. The molecule has 0 atom stereocenters. The molecule has 0 radical (unpaired) electrons. The average Bonchev–Trinajstić information content (AvgIpc) is 3.07. The Hall–Kier alpha value is -2.17. The molecule has 0 bridgehead atoms. The predicted molar refractivity (Wildman–Crippen MR) is 107 cm³/mol. The van der Waals surface area contributed by atoms with Crippen LogP contribution in [-0.2, 0) is 13.1 Å². The molecule has 0 aliphatic carbocycles. The summed E-state index contributed by atoms with van der Waals surface area (Å²) in [4.78, 5) is 1.74. The van der Waals surface area contributed by atoms with Crippen molar-refractivity contribution >= 4 is 11.6 Å². The van der Waals surface area contributed by atoms with Crippen LogP contribution in [0, 0.1) is 0 Å². The lowest BCUT2D eigenvalue weighted by Crippen LogP contribution is -2.16. The van der Waals surface area contributed by atoms with Crippen molar-refractivity contribution < 1.29 is 0 Å². The van der Waals surface area contributed by atoms with Gasteiger partial charge in [0, 0.05) is 17.1 Å². The van der Waals surface area contributed by atoms with E-state index in [-0.39, 0.29) is 0 Å². The lowest BCUT2D eigenvalue weighted by atomic mass is 10.1. The highest BCUT2D eigenvalue weighted by Crippen LogP contribution is 2.21. The van der Waals surface area contributed by atoms with Gasteiger partial charge < -0.3 is 5.32 Å². The third-order valence-electron chi connectivity index (χ3n) is 4.29. The maximum atomic E-state index is 6.29. The first kappa shape index (κ1) is 18.6. The standard InChI is InChI=1S/C21H25ClN4/c1-2-3-9-14-23-15-20-21(17-10-5-4-6-11-17)25-26(24-20)16-18-12-7-8-13-19(18)22/h4-8,10-13,23H,2-3,9,14-16H2,1H3. The number of aromatic nitrogens is 3. The van der Waals surface area contributed by atoms with E-state index in [1.807, 2.05) is 42.5 Å². The minimum atomic E-state index is 0.565. The number of hydrogen-bond acceptors (Lipinski definition) is 3. The molecule has 0 spiro atoms. The van der Waals surface area contributed by atoms with Gasteiger partial charge in [-0.05, 0) is 24.6 Å². The Morgan fingerprint density at radius 3 is 2.50 bits per heavy atom. The molecule has 136 valence electrons. The average molecular weight is 369 g/mol. The van der Waals surface area contributed by atoms with Crippen LogP contribution >= 0.6 is 11.6 Å². The van der Waals surface area contributed by atoms with Crippen molar-refractivity contribution in [3.8, 4) is 11.3 Å². The number of halogens is 1. The second-order valence-corrected chi connectivity index (χ2v) is 6.77. The van der Waals surface area contributed by atoms with E-state index in [4.69, 9.17) is 21.8 Å². The van der Waals surface area contributed by atoms with Crippen molar-refractivity contribution in [3.63, 3.8) is 0 Å². The van der Waals surface area contributed by atoms with E-state index < -0.39 is 0 Å². The summed E-state index contributed by atoms with van der Waals surface area (Å²) in [6, 6.07) is 18.0. The molecule has 0 fully saturated rings. The normalized spacial score (nSPS) is 11.0. The molecule has 0 saturated carbocycles. The molecule has 3 aromatic rings. The summed E-state index contributed by atoms with van der Waals surface area (Å²) in [6.45, 7) is 4.50. The third kappa shape index (κ3) is 4.93. The Morgan fingerprint density at radius 2 is 1.73 bits per heavy atom. The molecule has 1 N–H and O–H groups in total. The molecule has 0 aliphatic heterocycles. The van der Waals surface area contributed by atoms with Gasteiger partial charge in [-0.25, -0.2) is 0 Å². The monoisotopic (exact) mass is 368 g/mol. The van der Waals surface area contributed by atoms with Crippen LogP contribution in [0.5, 0.6) is 0 Å². The van der Waals surface area contributed by atoms with Crippen LogP contribution in [0.25, 0.3) is 11.3 Å². The summed E-state index contributed by atoms with van der Waals surface area (Å²) in [5, 5.41) is 13.7. The second-order valence-electron chi connectivity index (χ2n) is 6.37. The molecule has 1 aromatic heterocycles. The van der Waals surface area contributed by atoms with Gasteiger partial charge >= 0.3 is 0 Å². The zero-order chi connectivity index (χ0) is 18.2. The Bertz CT molecular complexity index is 814. The quantitative estimate of drug-likeness (QED) is 0.545. The fraction of sp³-hybridized carbons (Fsp3) is 0.333. The summed E-state index contributed by atoms with van der Waals surface area (Å²) >= 11 is 6.29. The summed E-state index contributed by atoms with van der Waals surface area (Å²) in [5.74, 6) is 0. The Morgan fingerprint density at radius 1 is 0.962 bits per heavy atom. The van der Waals surface area contributed by atoms with Crippen LogP contribution in [0.15, 0.2) is 54.6 Å². The lowest BCUT2D eigenvalue weighted by Gasteiger charge is -2.03. The van der Waals surface area contributed by atoms with Gasteiger partial charge in [-0.15, -0.1) is 0 Å². The van der Waals surface area contributed by atoms with E-state index in [0.717, 1.165) is 40.6 Å². The molecule has 2 aromatic carbocycles. The van der Waals surface area contributed by atoms with E-state index in [1.54, 1.807) is 4.80 Å². The van der Waals surface area contributed by atoms with Gasteiger partial charge in [0.15, 0.2) is 0 Å². The first-order valence-corrected chi connectivity index (χ1v) is 9.59. The highest BCUT2D eigenvalue weighted by Gasteiger charge is 2.13. The molecule has 0 aliphatic rings. The van der Waals surface area contributed by atoms with Gasteiger partial charge in [0.25, 0.3) is 0 Å². The molecule has 3 rings (SSSR count). The first-order chi connectivity index (χ1) is 12.8. The minimum absolute atomic E-state index is 0.565. The van der Waals surface area contributed by atoms with E-state index in [0.29, 0.717) is 6.54 Å². The number of hydrogen-bond donors (Lipinski definition) is 1. The van der Waals surface area contributed by atoms with Gasteiger partial charge in [0.1, 0.15) is 11.4 Å². The number of nitrogens with one attached hydrogen (secondary N) is 1. The Labute approximate surface area is 160 Å². The molecular weight excluding hydrogens is 344 g/mol. The van der Waals surface area contributed by atoms with Crippen LogP contribution in [-0.4, -0.2) is 21.5 Å². The second kappa shape index (κ2) is 9.51. The van der Waals surface area contributed by atoms with Crippen molar-refractivity contribution in [1.82, 2.24) is 20.3 Å². The highest BCUT2D eigenvalue weighted by molar-refractivity contribution is 6.31. The zero-order valence-electron chi connectivity index (χ0n) is 15.2. The molecule has 0 amide bonds. The number of unbranched alkanes of at least 4 members (excludes halogenated alkanes) is 2. The smallest absolute Gasteiger partial charge is 0.117 e. The van der Waals surface area contributed by atoms with Gasteiger partial charge in [0.05, 0.1) is 6.54 Å². The fourth-order valence-corrected chi connectivity index (χ4v) is 3.07. The lowest BCUT2D eigenvalue weighted by molar-refractivity contribution is 0.569. The Balaban J connectivity index is 1.79. The maximum Gasteiger partial charge on any atom is 0.117 e. The molecular formula is C21H25ClN4. The molecule has 26 heavy (non-hydrogen) atoms. The number of nitrogens with zero attached hydrogens (tertiary/aromatic N) is 3. The van der Waals surface area contributed by atoms with Gasteiger partial charge in [-0.1, -0.05) is 79.9 Å². The Kier molecular flexibility index (Phi) is 6.81. The van der Waals surface area contributed by atoms with Crippen molar-refractivity contribution in [1.29, 1.82) is 0 Å². The number of benzene rings is 2. The van der Waals surface area contributed by atoms with Gasteiger partial charge in [0.2, 0.25) is 0 Å². The SMILES string of the molecule is CCCCCNCc1nn(Cc2ccccc2Cl)nc1-c1ccccc1. The topological polar surface area (TPSA) is 42.7 Å². The first-order valence-electron chi connectivity index (χ1n) is 9.21. The van der Waals surface area contributed by atoms with Crippen molar-refractivity contribution in [3.05, 3.63) is 70.9 Å². The largest absolute Gasteiger partial charge is 0.311 e. The zero-order valence-corrected chi connectivity index (χ0v) is 15.9. The maximum absolute atomic E-state index is 6.29. The molecule has 4 nitrogen and oxygen atoms in total. The van der Waals surface area contributed by atoms with Crippen molar-refractivity contribution in [2.75, 3.05) is 6.54 Å². The summed E-state index contributed by atoms with van der Waals surface area (Å²) < 4.78 is 0. The highest BCUT2D eigenvalue weighted by atomic mass is 35.5. The summed E-state index contributed by atoms with van der Waals surface area (Å²) in [5.41, 5.74) is 4.01. The van der Waals surface area contributed by atoms with Crippen LogP contribution in [0.2, 0.25) is 5.02 Å². The number of rotatable bonds is 9. The van der Waals surface area contributed by atoms with Gasteiger partial charge in [-0.2, -0.15) is 15.0 Å². The van der Waals surface area contributed by atoms with E-state index >= 15 is 0 Å². The fourth-order valence-electron chi connectivity index (χ4n) is 2.88. The van der Waals surface area contributed by atoms with E-state index in [1.165, 1.54) is 19.3 Å². The molecule has 5 heteroatoms. The van der Waals surface area contributed by atoms with E-state index in [2.05, 4.69) is 24.4 Å². The van der Waals surface area contributed by atoms with Crippen LogP contribution in [0.3, 0.4) is 0 Å². The molecule has 0 unspecified atom stereocenters. The molecule has 1 heterocycles. The predicted octanol–water partition coefficient (Wildman–Crippen LogP) is 4.93. The van der Waals surface area contributed by atoms with Gasteiger partial charge in [-0.3, -0.25) is 0 Å². The molecule has 0 saturated heterocycles. The summed E-state index contributed by atoms with van der Waals surface area (Å²) in [7, 11) is 0. The van der Waals surface area contributed by atoms with Crippen LogP contribution in [0.4, 0.5) is 0 Å². The van der Waals surface area contributed by atoms with Crippen molar-refractivity contribution in [2.45, 2.75) is 39.3 Å². The van der Waals surface area contributed by atoms with E-state index in [9.17, 15) is 0 Å². The van der Waals surface area contributed by atoms with Crippen LogP contribution in [0.1, 0.15) is 37.4 Å². The minimum Gasteiger partial charge on any atom is -0.311 e. The summed E-state index contributed by atoms with van der Waals surface area (Å²) in [6.07, 6.45) is 3.66.